The summed E-state index contributed by atoms with van der Waals surface area (Å²) in [4.78, 5) is 0. The van der Waals surface area contributed by atoms with E-state index in [-0.39, 0.29) is 0 Å². The third-order valence-corrected chi connectivity index (χ3v) is 2.25. The maximum Gasteiger partial charge on any atom is 0.0594 e. The molecule has 2 unspecified atom stereocenters. The summed E-state index contributed by atoms with van der Waals surface area (Å²) in [6, 6.07) is 0. The zero-order chi connectivity index (χ0) is 7.40. The van der Waals surface area contributed by atoms with Crippen LogP contribution in [0.2, 0.25) is 0 Å². The third-order valence-electron chi connectivity index (χ3n) is 2.25. The van der Waals surface area contributed by atoms with Gasteiger partial charge in [0.2, 0.25) is 0 Å². The van der Waals surface area contributed by atoms with Crippen LogP contribution in [0.5, 0.6) is 0 Å². The van der Waals surface area contributed by atoms with E-state index in [0.717, 1.165) is 19.7 Å². The van der Waals surface area contributed by atoms with Crippen molar-refractivity contribution in [1.82, 2.24) is 5.32 Å². The van der Waals surface area contributed by atoms with Gasteiger partial charge in [0.05, 0.1) is 12.7 Å². The Hall–Kier alpha value is -0.0800. The fraction of sp³-hybridized carbons (Fsp3) is 1.00. The molecule has 0 bridgehead atoms. The molecule has 1 fully saturated rings. The van der Waals surface area contributed by atoms with Gasteiger partial charge in [-0.25, -0.2) is 0 Å². The zero-order valence-electron chi connectivity index (χ0n) is 6.89. The molecular formula is C8H17NO. The maximum absolute atomic E-state index is 5.54. The average molecular weight is 143 g/mol. The summed E-state index contributed by atoms with van der Waals surface area (Å²) in [5.41, 5.74) is 0. The van der Waals surface area contributed by atoms with Crippen LogP contribution in [-0.2, 0) is 4.74 Å². The molecule has 0 aromatic rings. The van der Waals surface area contributed by atoms with Crippen molar-refractivity contribution in [3.63, 3.8) is 0 Å². The molecule has 0 aromatic heterocycles. The Bertz CT molecular complexity index is 95.3. The molecule has 0 saturated carbocycles. The topological polar surface area (TPSA) is 21.3 Å². The molecule has 1 rings (SSSR count). The van der Waals surface area contributed by atoms with E-state index in [1.54, 1.807) is 0 Å². The van der Waals surface area contributed by atoms with Crippen LogP contribution in [0.15, 0.2) is 0 Å². The molecule has 60 valence electrons. The first-order valence-corrected chi connectivity index (χ1v) is 4.17. The highest BCUT2D eigenvalue weighted by molar-refractivity contribution is 4.70. The summed E-state index contributed by atoms with van der Waals surface area (Å²) in [6.45, 7) is 7.40. The number of hydrogen-bond acceptors (Lipinski definition) is 2. The summed E-state index contributed by atoms with van der Waals surface area (Å²) >= 11 is 0. The van der Waals surface area contributed by atoms with Crippen LogP contribution in [0.3, 0.4) is 0 Å². The molecule has 0 spiro atoms. The van der Waals surface area contributed by atoms with Gasteiger partial charge < -0.3 is 10.1 Å². The Morgan fingerprint density at radius 2 is 2.40 bits per heavy atom. The van der Waals surface area contributed by atoms with Gasteiger partial charge in [-0.3, -0.25) is 0 Å². The van der Waals surface area contributed by atoms with Gasteiger partial charge >= 0.3 is 0 Å². The molecule has 1 saturated heterocycles. The van der Waals surface area contributed by atoms with Crippen molar-refractivity contribution in [2.75, 3.05) is 19.7 Å². The van der Waals surface area contributed by atoms with E-state index in [1.807, 2.05) is 0 Å². The highest BCUT2D eigenvalue weighted by atomic mass is 16.5. The molecule has 1 aliphatic heterocycles. The summed E-state index contributed by atoms with van der Waals surface area (Å²) in [5.74, 6) is 0.711. The molecule has 2 heteroatoms. The van der Waals surface area contributed by atoms with Gasteiger partial charge in [-0.05, 0) is 19.3 Å². The van der Waals surface area contributed by atoms with E-state index < -0.39 is 0 Å². The van der Waals surface area contributed by atoms with Crippen LogP contribution < -0.4 is 5.32 Å². The Morgan fingerprint density at radius 3 is 3.10 bits per heavy atom. The molecule has 0 aliphatic carbocycles. The van der Waals surface area contributed by atoms with Gasteiger partial charge in [0.15, 0.2) is 0 Å². The summed E-state index contributed by atoms with van der Waals surface area (Å²) in [5, 5.41) is 3.35. The van der Waals surface area contributed by atoms with Crippen molar-refractivity contribution in [3.05, 3.63) is 0 Å². The van der Waals surface area contributed by atoms with Crippen LogP contribution in [0.1, 0.15) is 20.3 Å². The van der Waals surface area contributed by atoms with E-state index in [4.69, 9.17) is 4.74 Å². The lowest BCUT2D eigenvalue weighted by molar-refractivity contribution is 0.0445. The molecule has 2 nitrogen and oxygen atoms in total. The lowest BCUT2D eigenvalue weighted by Gasteiger charge is -2.18. The molecule has 0 radical (unpaired) electrons. The Kier molecular flexibility index (Phi) is 3.16. The van der Waals surface area contributed by atoms with Crippen LogP contribution in [0.4, 0.5) is 0 Å². The summed E-state index contributed by atoms with van der Waals surface area (Å²) < 4.78 is 5.54. The third kappa shape index (κ3) is 1.96. The monoisotopic (exact) mass is 143 g/mol. The van der Waals surface area contributed by atoms with E-state index in [0.29, 0.717) is 12.0 Å². The SMILES string of the molecule is CCC1CNCCOC1C. The van der Waals surface area contributed by atoms with Crippen molar-refractivity contribution in [2.45, 2.75) is 26.4 Å². The molecule has 1 N–H and O–H groups in total. The standard InChI is InChI=1S/C8H17NO/c1-3-8-6-9-4-5-10-7(8)2/h7-9H,3-6H2,1-2H3. The van der Waals surface area contributed by atoms with Crippen molar-refractivity contribution < 1.29 is 4.74 Å². The molecule has 1 aliphatic rings. The molecule has 0 amide bonds. The van der Waals surface area contributed by atoms with Crippen LogP contribution >= 0.6 is 0 Å². The average Bonchev–Trinajstić information content (AvgIpc) is 2.13. The van der Waals surface area contributed by atoms with Crippen LogP contribution in [0.25, 0.3) is 0 Å². The molecule has 2 atom stereocenters. The van der Waals surface area contributed by atoms with Gasteiger partial charge in [-0.1, -0.05) is 6.92 Å². The lowest BCUT2D eigenvalue weighted by atomic mass is 10.0. The first-order chi connectivity index (χ1) is 4.84. The first-order valence-electron chi connectivity index (χ1n) is 4.17. The van der Waals surface area contributed by atoms with Gasteiger partial charge in [-0.2, -0.15) is 0 Å². The second-order valence-corrected chi connectivity index (χ2v) is 2.95. The minimum atomic E-state index is 0.444. The largest absolute Gasteiger partial charge is 0.377 e. The quantitative estimate of drug-likeness (QED) is 0.591. The fourth-order valence-electron chi connectivity index (χ4n) is 1.38. The van der Waals surface area contributed by atoms with E-state index in [9.17, 15) is 0 Å². The smallest absolute Gasteiger partial charge is 0.0594 e. The number of ether oxygens (including phenoxy) is 1. The molecular weight excluding hydrogens is 126 g/mol. The second-order valence-electron chi connectivity index (χ2n) is 2.95. The maximum atomic E-state index is 5.54. The molecule has 10 heavy (non-hydrogen) atoms. The fourth-order valence-corrected chi connectivity index (χ4v) is 1.38. The molecule has 0 aromatic carbocycles. The highest BCUT2D eigenvalue weighted by Gasteiger charge is 2.17. The summed E-state index contributed by atoms with van der Waals surface area (Å²) in [7, 11) is 0. The van der Waals surface area contributed by atoms with Crippen molar-refractivity contribution >= 4 is 0 Å². The van der Waals surface area contributed by atoms with Gasteiger partial charge in [0.25, 0.3) is 0 Å². The van der Waals surface area contributed by atoms with E-state index >= 15 is 0 Å². The van der Waals surface area contributed by atoms with E-state index in [1.165, 1.54) is 6.42 Å². The van der Waals surface area contributed by atoms with E-state index in [2.05, 4.69) is 19.2 Å². The number of nitrogens with one attached hydrogen (secondary N) is 1. The Balaban J connectivity index is 2.35. The lowest BCUT2D eigenvalue weighted by Crippen LogP contribution is -2.26. The Morgan fingerprint density at radius 1 is 1.60 bits per heavy atom. The van der Waals surface area contributed by atoms with Crippen LogP contribution in [-0.4, -0.2) is 25.8 Å². The zero-order valence-corrected chi connectivity index (χ0v) is 6.89. The Labute approximate surface area is 63.0 Å². The number of hydrogen-bond donors (Lipinski definition) is 1. The predicted molar refractivity (Wildman–Crippen MR) is 42.1 cm³/mol. The van der Waals surface area contributed by atoms with Crippen molar-refractivity contribution in [1.29, 1.82) is 0 Å². The van der Waals surface area contributed by atoms with Crippen molar-refractivity contribution in [2.24, 2.45) is 5.92 Å². The normalized spacial score (nSPS) is 35.4. The highest BCUT2D eigenvalue weighted by Crippen LogP contribution is 2.12. The molecule has 1 heterocycles. The van der Waals surface area contributed by atoms with Gasteiger partial charge in [0.1, 0.15) is 0 Å². The predicted octanol–water partition coefficient (Wildman–Crippen LogP) is 1.02. The summed E-state index contributed by atoms with van der Waals surface area (Å²) in [6.07, 6.45) is 1.66. The van der Waals surface area contributed by atoms with Gasteiger partial charge in [-0.15, -0.1) is 0 Å². The van der Waals surface area contributed by atoms with Gasteiger partial charge in [0, 0.05) is 13.1 Å². The second kappa shape index (κ2) is 3.94. The van der Waals surface area contributed by atoms with Crippen LogP contribution in [0, 0.1) is 5.92 Å². The minimum absolute atomic E-state index is 0.444. The first kappa shape index (κ1) is 8.02. The number of rotatable bonds is 1. The minimum Gasteiger partial charge on any atom is -0.377 e. The van der Waals surface area contributed by atoms with Crippen molar-refractivity contribution in [3.8, 4) is 0 Å².